The molecule has 1 aromatic rings. The van der Waals surface area contributed by atoms with Crippen molar-refractivity contribution in [3.05, 3.63) is 43.5 Å². The Labute approximate surface area is 96.4 Å². The van der Waals surface area contributed by atoms with E-state index in [1.807, 2.05) is 0 Å². The fourth-order valence-electron chi connectivity index (χ4n) is 1.54. The minimum Gasteiger partial charge on any atom is -0.294 e. The zero-order chi connectivity index (χ0) is 13.2. The summed E-state index contributed by atoms with van der Waals surface area (Å²) in [6, 6.07) is 2.38. The van der Waals surface area contributed by atoms with Gasteiger partial charge in [0.1, 0.15) is 5.56 Å². The lowest BCUT2D eigenvalue weighted by Crippen LogP contribution is -2.08. The van der Waals surface area contributed by atoms with Crippen LogP contribution in [0.25, 0.3) is 0 Å². The molecule has 90 valence electrons. The van der Waals surface area contributed by atoms with Gasteiger partial charge < -0.3 is 0 Å². The van der Waals surface area contributed by atoms with Crippen LogP contribution >= 0.6 is 0 Å². The highest BCUT2D eigenvalue weighted by atomic mass is 16.6. The lowest BCUT2D eigenvalue weighted by molar-refractivity contribution is -0.422. The Morgan fingerprint density at radius 2 is 1.82 bits per heavy atom. The summed E-state index contributed by atoms with van der Waals surface area (Å²) in [7, 11) is 0. The number of ketones is 1. The van der Waals surface area contributed by atoms with E-state index in [0.29, 0.717) is 5.56 Å². The molecule has 0 amide bonds. The van der Waals surface area contributed by atoms with Gasteiger partial charge >= 0.3 is 11.4 Å². The van der Waals surface area contributed by atoms with Crippen LogP contribution in [-0.2, 0) is 0 Å². The Balaban J connectivity index is 3.66. The molecule has 0 N–H and O–H groups in total. The predicted molar refractivity (Wildman–Crippen MR) is 59.1 cm³/mol. The number of aryl methyl sites for hydroxylation is 1. The van der Waals surface area contributed by atoms with Gasteiger partial charge in [-0.3, -0.25) is 25.0 Å². The molecule has 0 heterocycles. The Morgan fingerprint density at radius 1 is 1.24 bits per heavy atom. The van der Waals surface area contributed by atoms with Crippen LogP contribution in [0.2, 0.25) is 0 Å². The smallest absolute Gasteiger partial charge is 0.294 e. The van der Waals surface area contributed by atoms with Gasteiger partial charge in [0.25, 0.3) is 0 Å². The van der Waals surface area contributed by atoms with Gasteiger partial charge in [-0.2, -0.15) is 0 Å². The molecule has 0 unspecified atom stereocenters. The fraction of sp³-hybridized carbons (Fsp3) is 0.300. The molecule has 17 heavy (non-hydrogen) atoms. The van der Waals surface area contributed by atoms with Crippen LogP contribution in [0.4, 0.5) is 11.4 Å². The van der Waals surface area contributed by atoms with Crippen molar-refractivity contribution in [2.75, 3.05) is 0 Å². The third-order valence-electron chi connectivity index (χ3n) is 2.34. The van der Waals surface area contributed by atoms with E-state index in [9.17, 15) is 25.0 Å². The van der Waals surface area contributed by atoms with Gasteiger partial charge in [-0.15, -0.1) is 0 Å². The molecular formula is C10H10N2O5. The molecule has 1 aromatic carbocycles. The maximum Gasteiger partial charge on any atom is 0.357 e. The second kappa shape index (κ2) is 4.69. The maximum atomic E-state index is 11.6. The van der Waals surface area contributed by atoms with Crippen molar-refractivity contribution >= 4 is 17.2 Å². The largest absolute Gasteiger partial charge is 0.357 e. The molecule has 0 saturated carbocycles. The number of benzene rings is 1. The van der Waals surface area contributed by atoms with Crippen molar-refractivity contribution in [3.8, 4) is 0 Å². The lowest BCUT2D eigenvalue weighted by Gasteiger charge is -2.04. The highest BCUT2D eigenvalue weighted by molar-refractivity contribution is 6.02. The van der Waals surface area contributed by atoms with Gasteiger partial charge in [0.15, 0.2) is 5.78 Å². The molecule has 0 aliphatic carbocycles. The average molecular weight is 238 g/mol. The van der Waals surface area contributed by atoms with Crippen LogP contribution in [0.1, 0.15) is 29.3 Å². The lowest BCUT2D eigenvalue weighted by atomic mass is 10.00. The molecule has 0 radical (unpaired) electrons. The topological polar surface area (TPSA) is 103 Å². The van der Waals surface area contributed by atoms with E-state index in [1.165, 1.54) is 13.0 Å². The SMILES string of the molecule is CCC(=O)c1c(C)ccc([N+](=O)[O-])c1[N+](=O)[O-]. The van der Waals surface area contributed by atoms with Gasteiger partial charge in [0.05, 0.1) is 9.85 Å². The van der Waals surface area contributed by atoms with Gasteiger partial charge in [0, 0.05) is 12.5 Å². The summed E-state index contributed by atoms with van der Waals surface area (Å²) in [5.41, 5.74) is -1.18. The van der Waals surface area contributed by atoms with E-state index in [4.69, 9.17) is 0 Å². The van der Waals surface area contributed by atoms with Crippen molar-refractivity contribution in [2.24, 2.45) is 0 Å². The quantitative estimate of drug-likeness (QED) is 0.455. The number of hydrogen-bond donors (Lipinski definition) is 0. The highest BCUT2D eigenvalue weighted by Crippen LogP contribution is 2.33. The molecule has 0 saturated heterocycles. The van der Waals surface area contributed by atoms with Gasteiger partial charge in [-0.25, -0.2) is 0 Å². The second-order valence-corrected chi connectivity index (χ2v) is 3.42. The molecule has 0 fully saturated rings. The van der Waals surface area contributed by atoms with Crippen molar-refractivity contribution in [2.45, 2.75) is 20.3 Å². The summed E-state index contributed by atoms with van der Waals surface area (Å²) in [5, 5.41) is 21.6. The zero-order valence-corrected chi connectivity index (χ0v) is 9.30. The van der Waals surface area contributed by atoms with E-state index < -0.39 is 27.0 Å². The molecule has 7 nitrogen and oxygen atoms in total. The molecule has 0 atom stereocenters. The van der Waals surface area contributed by atoms with Gasteiger partial charge in [-0.1, -0.05) is 13.0 Å². The summed E-state index contributed by atoms with van der Waals surface area (Å²) < 4.78 is 0. The minimum absolute atomic E-state index is 0.0584. The van der Waals surface area contributed by atoms with Crippen molar-refractivity contribution in [3.63, 3.8) is 0 Å². The van der Waals surface area contributed by atoms with Crippen molar-refractivity contribution in [1.82, 2.24) is 0 Å². The molecule has 0 spiro atoms. The first-order valence-corrected chi connectivity index (χ1v) is 4.85. The van der Waals surface area contributed by atoms with Crippen molar-refractivity contribution in [1.29, 1.82) is 0 Å². The predicted octanol–water partition coefficient (Wildman–Crippen LogP) is 2.40. The monoisotopic (exact) mass is 238 g/mol. The van der Waals surface area contributed by atoms with Crippen molar-refractivity contribution < 1.29 is 14.6 Å². The third-order valence-corrected chi connectivity index (χ3v) is 2.34. The molecule has 0 aliphatic heterocycles. The Bertz CT molecular complexity index is 510. The van der Waals surface area contributed by atoms with E-state index in [1.54, 1.807) is 6.92 Å². The van der Waals surface area contributed by atoms with Crippen LogP contribution < -0.4 is 0 Å². The Morgan fingerprint density at radius 3 is 2.24 bits per heavy atom. The molecule has 1 rings (SSSR count). The van der Waals surface area contributed by atoms with Gasteiger partial charge in [-0.05, 0) is 12.5 Å². The highest BCUT2D eigenvalue weighted by Gasteiger charge is 2.32. The average Bonchev–Trinajstić information content (AvgIpc) is 2.26. The third kappa shape index (κ3) is 2.27. The number of rotatable bonds is 4. The van der Waals surface area contributed by atoms with Gasteiger partial charge in [0.2, 0.25) is 0 Å². The molecule has 0 aliphatic rings. The van der Waals surface area contributed by atoms with E-state index >= 15 is 0 Å². The van der Waals surface area contributed by atoms with Crippen LogP contribution in [0.15, 0.2) is 12.1 Å². The number of carbonyl (C=O) groups is 1. The first-order valence-electron chi connectivity index (χ1n) is 4.85. The zero-order valence-electron chi connectivity index (χ0n) is 9.30. The van der Waals surface area contributed by atoms with E-state index in [2.05, 4.69) is 0 Å². The van der Waals surface area contributed by atoms with Crippen LogP contribution in [0.5, 0.6) is 0 Å². The maximum absolute atomic E-state index is 11.6. The van der Waals surface area contributed by atoms with Crippen LogP contribution in [0, 0.1) is 27.2 Å². The number of nitro groups is 2. The Kier molecular flexibility index (Phi) is 3.52. The number of hydrogen-bond acceptors (Lipinski definition) is 5. The first-order chi connectivity index (χ1) is 7.90. The molecule has 0 aromatic heterocycles. The second-order valence-electron chi connectivity index (χ2n) is 3.42. The summed E-state index contributed by atoms with van der Waals surface area (Å²) in [5.74, 6) is -0.474. The molecular weight excluding hydrogens is 228 g/mol. The first kappa shape index (κ1) is 12.8. The normalized spacial score (nSPS) is 10.0. The van der Waals surface area contributed by atoms with E-state index in [0.717, 1.165) is 6.07 Å². The summed E-state index contributed by atoms with van der Waals surface area (Å²) in [4.78, 5) is 31.4. The summed E-state index contributed by atoms with van der Waals surface area (Å²) in [6.07, 6.45) is 0.0584. The van der Waals surface area contributed by atoms with Crippen LogP contribution in [-0.4, -0.2) is 15.6 Å². The van der Waals surface area contributed by atoms with E-state index in [-0.39, 0.29) is 12.0 Å². The minimum atomic E-state index is -0.881. The standard InChI is InChI=1S/C10H10N2O5/c1-3-8(13)9-6(2)4-5-7(11(14)15)10(9)12(16)17/h4-5H,3H2,1-2H3. The Hall–Kier alpha value is -2.31. The number of Topliss-reactive ketones (excluding diaryl/α,β-unsaturated/α-hetero) is 1. The fourth-order valence-corrected chi connectivity index (χ4v) is 1.54. The number of carbonyl (C=O) groups excluding carboxylic acids is 1. The summed E-state index contributed by atoms with van der Waals surface area (Å²) >= 11 is 0. The number of nitrogens with zero attached hydrogens (tertiary/aromatic N) is 2. The van der Waals surface area contributed by atoms with Crippen LogP contribution in [0.3, 0.4) is 0 Å². The molecule has 7 heteroatoms. The number of nitro benzene ring substituents is 2. The molecule has 0 bridgehead atoms. The summed E-state index contributed by atoms with van der Waals surface area (Å²) in [6.45, 7) is 3.06.